The smallest absolute Gasteiger partial charge is 0.336 e. The largest absolute Gasteiger partial charge is 0.423 e. The Labute approximate surface area is 135 Å². The zero-order valence-corrected chi connectivity index (χ0v) is 12.9. The minimum atomic E-state index is -0.703. The molecule has 1 heterocycles. The summed E-state index contributed by atoms with van der Waals surface area (Å²) >= 11 is 6.12. The quantitative estimate of drug-likeness (QED) is 0.709. The van der Waals surface area contributed by atoms with Crippen LogP contribution < -0.4 is 10.9 Å². The van der Waals surface area contributed by atoms with Gasteiger partial charge in [0.25, 0.3) is 0 Å². The number of hydrogen-bond donors (Lipinski definition) is 1. The Morgan fingerprint density at radius 1 is 1.17 bits per heavy atom. The highest BCUT2D eigenvalue weighted by atomic mass is 35.5. The van der Waals surface area contributed by atoms with E-state index >= 15 is 0 Å². The van der Waals surface area contributed by atoms with Gasteiger partial charge < -0.3 is 9.73 Å². The lowest BCUT2D eigenvalue weighted by Crippen LogP contribution is -2.07. The first kappa shape index (κ1) is 15.5. The average Bonchev–Trinajstić information content (AvgIpc) is 2.48. The van der Waals surface area contributed by atoms with Crippen LogP contribution in [0.5, 0.6) is 0 Å². The van der Waals surface area contributed by atoms with Crippen molar-refractivity contribution >= 4 is 28.3 Å². The second kappa shape index (κ2) is 6.01. The van der Waals surface area contributed by atoms with E-state index in [4.69, 9.17) is 16.0 Å². The van der Waals surface area contributed by atoms with Crippen LogP contribution >= 0.6 is 11.6 Å². The maximum Gasteiger partial charge on any atom is 0.336 e. The van der Waals surface area contributed by atoms with Gasteiger partial charge in [-0.2, -0.15) is 0 Å². The van der Waals surface area contributed by atoms with Crippen LogP contribution in [0.4, 0.5) is 14.5 Å². The van der Waals surface area contributed by atoms with Crippen molar-refractivity contribution in [3.8, 4) is 0 Å². The van der Waals surface area contributed by atoms with E-state index in [0.29, 0.717) is 21.6 Å². The second-order valence-corrected chi connectivity index (χ2v) is 5.57. The van der Waals surface area contributed by atoms with Gasteiger partial charge in [0, 0.05) is 29.1 Å². The molecular formula is C17H12ClF2NO2. The van der Waals surface area contributed by atoms with Crippen molar-refractivity contribution in [3.05, 3.63) is 74.6 Å². The van der Waals surface area contributed by atoms with Crippen LogP contribution in [-0.4, -0.2) is 0 Å². The summed E-state index contributed by atoms with van der Waals surface area (Å²) in [6, 6.07) is 7.95. The van der Waals surface area contributed by atoms with Gasteiger partial charge >= 0.3 is 5.63 Å². The van der Waals surface area contributed by atoms with Gasteiger partial charge in [0.1, 0.15) is 17.2 Å². The fourth-order valence-corrected chi connectivity index (χ4v) is 2.48. The standard InChI is InChI=1S/C17H12ClF2NO2/c1-9-4-16-12(7-13(9)18)10(5-17(22)23-16)8-21-15-3-2-11(19)6-14(15)20/h2-7,21H,8H2,1H3. The average molecular weight is 336 g/mol. The molecule has 3 aromatic rings. The number of rotatable bonds is 3. The lowest BCUT2D eigenvalue weighted by atomic mass is 10.1. The van der Waals surface area contributed by atoms with Crippen molar-refractivity contribution in [2.75, 3.05) is 5.32 Å². The zero-order chi connectivity index (χ0) is 16.6. The van der Waals surface area contributed by atoms with Crippen LogP contribution in [0.2, 0.25) is 5.02 Å². The first-order valence-corrected chi connectivity index (χ1v) is 7.23. The molecule has 3 rings (SSSR count). The number of hydrogen-bond acceptors (Lipinski definition) is 3. The Hall–Kier alpha value is -2.40. The van der Waals surface area contributed by atoms with Crippen LogP contribution in [0.3, 0.4) is 0 Å². The van der Waals surface area contributed by atoms with Gasteiger partial charge in [0.2, 0.25) is 0 Å². The Morgan fingerprint density at radius 2 is 1.96 bits per heavy atom. The Morgan fingerprint density at radius 3 is 2.70 bits per heavy atom. The van der Waals surface area contributed by atoms with E-state index in [1.165, 1.54) is 12.1 Å². The summed E-state index contributed by atoms with van der Waals surface area (Å²) in [7, 11) is 0. The normalized spacial score (nSPS) is 11.0. The van der Waals surface area contributed by atoms with Gasteiger partial charge in [-0.15, -0.1) is 0 Å². The molecule has 0 aliphatic rings. The minimum Gasteiger partial charge on any atom is -0.423 e. The Kier molecular flexibility index (Phi) is 4.05. The molecule has 0 spiro atoms. The molecule has 118 valence electrons. The molecule has 0 fully saturated rings. The number of halogens is 3. The first-order valence-electron chi connectivity index (χ1n) is 6.86. The van der Waals surface area contributed by atoms with Crippen molar-refractivity contribution in [1.29, 1.82) is 0 Å². The number of benzene rings is 2. The molecule has 1 aromatic heterocycles. The van der Waals surface area contributed by atoms with Crippen LogP contribution in [-0.2, 0) is 6.54 Å². The predicted octanol–water partition coefficient (Wildman–Crippen LogP) is 4.65. The first-order chi connectivity index (χ1) is 10.9. The van der Waals surface area contributed by atoms with E-state index in [-0.39, 0.29) is 12.2 Å². The van der Waals surface area contributed by atoms with E-state index in [0.717, 1.165) is 17.7 Å². The topological polar surface area (TPSA) is 42.2 Å². The molecule has 1 N–H and O–H groups in total. The summed E-state index contributed by atoms with van der Waals surface area (Å²) in [6.45, 7) is 1.98. The predicted molar refractivity (Wildman–Crippen MR) is 85.9 cm³/mol. The van der Waals surface area contributed by atoms with E-state index in [1.54, 1.807) is 19.1 Å². The van der Waals surface area contributed by atoms with Crippen LogP contribution in [0.1, 0.15) is 11.1 Å². The summed E-state index contributed by atoms with van der Waals surface area (Å²) in [5, 5.41) is 4.05. The van der Waals surface area contributed by atoms with Gasteiger partial charge in [-0.05, 0) is 42.3 Å². The summed E-state index contributed by atoms with van der Waals surface area (Å²) in [5.74, 6) is -1.35. The zero-order valence-electron chi connectivity index (χ0n) is 12.1. The minimum absolute atomic E-state index is 0.144. The molecule has 0 amide bonds. The number of nitrogens with one attached hydrogen (secondary N) is 1. The van der Waals surface area contributed by atoms with Gasteiger partial charge in [0.05, 0.1) is 5.69 Å². The summed E-state index contributed by atoms with van der Waals surface area (Å²) < 4.78 is 31.7. The van der Waals surface area contributed by atoms with E-state index in [1.807, 2.05) is 0 Å². The Bertz CT molecular complexity index is 953. The number of anilines is 1. The SMILES string of the molecule is Cc1cc2oc(=O)cc(CNc3ccc(F)cc3F)c2cc1Cl. The number of fused-ring (bicyclic) bond motifs is 1. The van der Waals surface area contributed by atoms with Crippen LogP contribution in [0, 0.1) is 18.6 Å². The molecule has 2 aromatic carbocycles. The third-order valence-electron chi connectivity index (χ3n) is 3.51. The molecule has 0 bridgehead atoms. The lowest BCUT2D eigenvalue weighted by Gasteiger charge is -2.10. The molecule has 0 aliphatic heterocycles. The van der Waals surface area contributed by atoms with Gasteiger partial charge in [-0.1, -0.05) is 11.6 Å². The molecule has 0 atom stereocenters. The van der Waals surface area contributed by atoms with Gasteiger partial charge in [0.15, 0.2) is 0 Å². The number of aryl methyl sites for hydroxylation is 1. The molecule has 0 aliphatic carbocycles. The third-order valence-corrected chi connectivity index (χ3v) is 3.92. The van der Waals surface area contributed by atoms with E-state index < -0.39 is 17.3 Å². The van der Waals surface area contributed by atoms with E-state index in [9.17, 15) is 13.6 Å². The lowest BCUT2D eigenvalue weighted by molar-refractivity contribution is 0.559. The van der Waals surface area contributed by atoms with Gasteiger partial charge in [-0.3, -0.25) is 0 Å². The summed E-state index contributed by atoms with van der Waals surface area (Å²) in [4.78, 5) is 11.7. The fourth-order valence-electron chi connectivity index (χ4n) is 2.32. The summed E-state index contributed by atoms with van der Waals surface area (Å²) in [6.07, 6.45) is 0. The molecule has 3 nitrogen and oxygen atoms in total. The second-order valence-electron chi connectivity index (χ2n) is 5.17. The third kappa shape index (κ3) is 3.19. The molecule has 0 saturated carbocycles. The molecule has 0 radical (unpaired) electrons. The Balaban J connectivity index is 1.99. The highest BCUT2D eigenvalue weighted by Crippen LogP contribution is 2.26. The molecule has 23 heavy (non-hydrogen) atoms. The van der Waals surface area contributed by atoms with Crippen molar-refractivity contribution in [2.45, 2.75) is 13.5 Å². The summed E-state index contributed by atoms with van der Waals surface area (Å²) in [5.41, 5.74) is 1.45. The molecule has 0 saturated heterocycles. The van der Waals surface area contributed by atoms with E-state index in [2.05, 4.69) is 5.32 Å². The molecular weight excluding hydrogens is 324 g/mol. The van der Waals surface area contributed by atoms with Crippen LogP contribution in [0.15, 0.2) is 45.6 Å². The van der Waals surface area contributed by atoms with Crippen molar-refractivity contribution in [2.24, 2.45) is 0 Å². The van der Waals surface area contributed by atoms with Crippen molar-refractivity contribution < 1.29 is 13.2 Å². The maximum atomic E-state index is 13.7. The molecule has 0 unspecified atom stereocenters. The molecule has 6 heteroatoms. The van der Waals surface area contributed by atoms with Crippen molar-refractivity contribution in [1.82, 2.24) is 0 Å². The highest BCUT2D eigenvalue weighted by Gasteiger charge is 2.10. The monoisotopic (exact) mass is 335 g/mol. The van der Waals surface area contributed by atoms with Crippen molar-refractivity contribution in [3.63, 3.8) is 0 Å². The maximum absolute atomic E-state index is 13.7. The fraction of sp³-hybridized carbons (Fsp3) is 0.118. The highest BCUT2D eigenvalue weighted by molar-refractivity contribution is 6.32. The van der Waals surface area contributed by atoms with Gasteiger partial charge in [-0.25, -0.2) is 13.6 Å². The van der Waals surface area contributed by atoms with Crippen LogP contribution in [0.25, 0.3) is 11.0 Å².